The molecule has 3 aromatic rings. The third-order valence-corrected chi connectivity index (χ3v) is 5.87. The first-order valence-electron chi connectivity index (χ1n) is 9.12. The second-order valence-electron chi connectivity index (χ2n) is 7.57. The van der Waals surface area contributed by atoms with Crippen molar-refractivity contribution in [2.24, 2.45) is 5.41 Å². The highest BCUT2D eigenvalue weighted by molar-refractivity contribution is 9.10. The normalized spacial score (nSPS) is 12.6. The number of ether oxygens (including phenoxy) is 1. The van der Waals surface area contributed by atoms with Crippen LogP contribution in [-0.4, -0.2) is 10.5 Å². The number of hydrogen-bond donors (Lipinski definition) is 0. The lowest BCUT2D eigenvalue weighted by atomic mass is 9.71. The van der Waals surface area contributed by atoms with Crippen molar-refractivity contribution in [2.75, 3.05) is 0 Å². The predicted octanol–water partition coefficient (Wildman–Crippen LogP) is 6.57. The van der Waals surface area contributed by atoms with Crippen molar-refractivity contribution in [1.29, 1.82) is 0 Å². The van der Waals surface area contributed by atoms with E-state index in [-0.39, 0.29) is 24.0 Å². The predicted molar refractivity (Wildman–Crippen MR) is 119 cm³/mol. The first-order chi connectivity index (χ1) is 13.3. The average molecular weight is 505 g/mol. The molecule has 3 nitrogen and oxygen atoms in total. The van der Waals surface area contributed by atoms with Gasteiger partial charge in [0.2, 0.25) is 0 Å². The maximum atomic E-state index is 13.2. The van der Waals surface area contributed by atoms with Gasteiger partial charge in [-0.15, -0.1) is 0 Å². The summed E-state index contributed by atoms with van der Waals surface area (Å²) in [6.45, 7) is 4.46. The Morgan fingerprint density at radius 2 is 1.50 bits per heavy atom. The minimum absolute atomic E-state index is 0.210. The highest BCUT2D eigenvalue weighted by atomic mass is 79.9. The molecule has 1 atom stereocenters. The third-order valence-electron chi connectivity index (χ3n) is 4.82. The van der Waals surface area contributed by atoms with Crippen LogP contribution >= 0.6 is 31.9 Å². The molecule has 2 aromatic carbocycles. The van der Waals surface area contributed by atoms with Crippen LogP contribution < -0.4 is 0 Å². The second-order valence-corrected chi connectivity index (χ2v) is 9.40. The molecular weight excluding hydrogens is 482 g/mol. The van der Waals surface area contributed by atoms with E-state index in [4.69, 9.17) is 4.74 Å². The smallest absolute Gasteiger partial charge is 0.315 e. The number of esters is 1. The van der Waals surface area contributed by atoms with Gasteiger partial charge in [0, 0.05) is 21.3 Å². The Hall–Kier alpha value is -1.85. The lowest BCUT2D eigenvalue weighted by Crippen LogP contribution is -2.32. The molecule has 146 valence electrons. The van der Waals surface area contributed by atoms with Gasteiger partial charge in [-0.3, -0.25) is 4.79 Å². The number of nitrogens with zero attached hydrogens (tertiary/aromatic N) is 1. The van der Waals surface area contributed by atoms with Gasteiger partial charge >= 0.3 is 5.97 Å². The fraction of sp³-hybridized carbons (Fsp3) is 0.261. The van der Waals surface area contributed by atoms with Crippen LogP contribution in [0.4, 0.5) is 0 Å². The Kier molecular flexibility index (Phi) is 6.78. The first-order valence-corrected chi connectivity index (χ1v) is 10.7. The Morgan fingerprint density at radius 3 is 2.07 bits per heavy atom. The van der Waals surface area contributed by atoms with Crippen LogP contribution in [0.15, 0.2) is 82.0 Å². The minimum Gasteiger partial charge on any atom is -0.443 e. The van der Waals surface area contributed by atoms with E-state index >= 15 is 0 Å². The Bertz CT molecular complexity index is 901. The van der Waals surface area contributed by atoms with E-state index < -0.39 is 0 Å². The van der Waals surface area contributed by atoms with Crippen molar-refractivity contribution in [1.82, 2.24) is 4.57 Å². The molecule has 3 rings (SSSR count). The molecule has 1 aromatic heterocycles. The third kappa shape index (κ3) is 5.36. The molecule has 0 aliphatic rings. The fourth-order valence-electron chi connectivity index (χ4n) is 3.47. The summed E-state index contributed by atoms with van der Waals surface area (Å²) in [7, 11) is 0. The van der Waals surface area contributed by atoms with Crippen molar-refractivity contribution < 1.29 is 9.53 Å². The number of rotatable bonds is 7. The van der Waals surface area contributed by atoms with Crippen molar-refractivity contribution in [3.63, 3.8) is 0 Å². The van der Waals surface area contributed by atoms with E-state index in [0.29, 0.717) is 0 Å². The number of aromatic nitrogens is 1. The summed E-state index contributed by atoms with van der Waals surface area (Å²) in [5.74, 6) is -0.585. The summed E-state index contributed by atoms with van der Waals surface area (Å²) >= 11 is 6.95. The molecular formula is C23H23Br2NO2. The number of carbonyl (C=O) groups excluding carboxylic acids is 1. The van der Waals surface area contributed by atoms with E-state index in [1.165, 1.54) is 5.56 Å². The molecule has 0 radical (unpaired) electrons. The zero-order valence-corrected chi connectivity index (χ0v) is 19.1. The van der Waals surface area contributed by atoms with Crippen LogP contribution in [0.1, 0.15) is 30.9 Å². The topological polar surface area (TPSA) is 31.2 Å². The molecule has 1 unspecified atom stereocenters. The Labute approximate surface area is 183 Å². The van der Waals surface area contributed by atoms with Crippen LogP contribution in [0.5, 0.6) is 0 Å². The summed E-state index contributed by atoms with van der Waals surface area (Å²) in [5.41, 5.74) is 1.83. The van der Waals surface area contributed by atoms with E-state index in [1.807, 2.05) is 65.5 Å². The van der Waals surface area contributed by atoms with Crippen LogP contribution in [-0.2, 0) is 22.7 Å². The monoisotopic (exact) mass is 503 g/mol. The largest absolute Gasteiger partial charge is 0.443 e. The van der Waals surface area contributed by atoms with Crippen LogP contribution in [0.25, 0.3) is 0 Å². The van der Waals surface area contributed by atoms with Gasteiger partial charge in [0.05, 0.1) is 5.92 Å². The van der Waals surface area contributed by atoms with E-state index in [2.05, 4.69) is 57.8 Å². The quantitative estimate of drug-likeness (QED) is 0.341. The molecule has 0 aliphatic heterocycles. The molecule has 1 heterocycles. The van der Waals surface area contributed by atoms with Crippen molar-refractivity contribution in [3.8, 4) is 0 Å². The van der Waals surface area contributed by atoms with Gasteiger partial charge in [0.15, 0.2) is 6.73 Å². The van der Waals surface area contributed by atoms with Crippen LogP contribution in [0.3, 0.4) is 0 Å². The summed E-state index contributed by atoms with van der Waals surface area (Å²) in [4.78, 5) is 13.2. The highest BCUT2D eigenvalue weighted by Gasteiger charge is 2.38. The number of benzene rings is 2. The first kappa shape index (κ1) is 20.9. The number of hydrogen-bond acceptors (Lipinski definition) is 2. The van der Waals surface area contributed by atoms with Crippen molar-refractivity contribution >= 4 is 37.8 Å². The van der Waals surface area contributed by atoms with Crippen molar-refractivity contribution in [3.05, 3.63) is 93.1 Å². The van der Waals surface area contributed by atoms with Gasteiger partial charge in [-0.1, -0.05) is 70.0 Å². The van der Waals surface area contributed by atoms with Gasteiger partial charge in [-0.2, -0.15) is 0 Å². The second kappa shape index (κ2) is 9.10. The number of halogens is 2. The summed E-state index contributed by atoms with van der Waals surface area (Å²) in [5, 5.41) is 0. The molecule has 0 aliphatic carbocycles. The molecule has 0 spiro atoms. The van der Waals surface area contributed by atoms with Gasteiger partial charge in [0.25, 0.3) is 0 Å². The summed E-state index contributed by atoms with van der Waals surface area (Å²) < 4.78 is 9.56. The molecule has 0 saturated heterocycles. The van der Waals surface area contributed by atoms with Gasteiger partial charge in [0.1, 0.15) is 0 Å². The van der Waals surface area contributed by atoms with E-state index in [1.54, 1.807) is 0 Å². The molecule has 0 N–H and O–H groups in total. The summed E-state index contributed by atoms with van der Waals surface area (Å²) in [6.07, 6.45) is 4.53. The Morgan fingerprint density at radius 1 is 0.964 bits per heavy atom. The fourth-order valence-corrected chi connectivity index (χ4v) is 4.00. The standard InChI is InChI=1S/C23H23Br2NO2/c1-23(2,15-17-5-9-19(24)10-6-17)21(18-7-11-20(25)12-8-18)22(27)28-16-26-13-3-4-14-26/h3-14,21H,15-16H2,1-2H3. The van der Waals surface area contributed by atoms with Crippen molar-refractivity contribution in [2.45, 2.75) is 32.9 Å². The van der Waals surface area contributed by atoms with Crippen LogP contribution in [0.2, 0.25) is 0 Å². The summed E-state index contributed by atoms with van der Waals surface area (Å²) in [6, 6.07) is 20.0. The van der Waals surface area contributed by atoms with E-state index in [9.17, 15) is 4.79 Å². The highest BCUT2D eigenvalue weighted by Crippen LogP contribution is 2.40. The van der Waals surface area contributed by atoms with Gasteiger partial charge in [-0.05, 0) is 59.4 Å². The van der Waals surface area contributed by atoms with Gasteiger partial charge < -0.3 is 9.30 Å². The molecule has 0 bridgehead atoms. The molecule has 0 fully saturated rings. The Balaban J connectivity index is 1.86. The molecule has 0 saturated carbocycles. The molecule has 28 heavy (non-hydrogen) atoms. The molecule has 5 heteroatoms. The van der Waals surface area contributed by atoms with Gasteiger partial charge in [-0.25, -0.2) is 0 Å². The zero-order valence-electron chi connectivity index (χ0n) is 15.9. The SMILES string of the molecule is CC(C)(Cc1ccc(Br)cc1)C(C(=O)OCn1cccc1)c1ccc(Br)cc1. The van der Waals surface area contributed by atoms with E-state index in [0.717, 1.165) is 20.9 Å². The maximum Gasteiger partial charge on any atom is 0.315 e. The lowest BCUT2D eigenvalue weighted by Gasteiger charge is -2.33. The number of carbonyl (C=O) groups is 1. The average Bonchev–Trinajstić information content (AvgIpc) is 3.17. The van der Waals surface area contributed by atoms with Crippen LogP contribution in [0, 0.1) is 5.41 Å². The maximum absolute atomic E-state index is 13.2. The minimum atomic E-state index is -0.375. The lowest BCUT2D eigenvalue weighted by molar-refractivity contribution is -0.152. The molecule has 0 amide bonds. The zero-order chi connectivity index (χ0) is 20.1.